The number of carbonyl (C=O) groups is 2. The SMILES string of the molecule is CCOC(=O)N1CCC(NCC2(O)CN(C(=O)c3ccc(F)c(F)c3Nc3ccc(I)cc3F)C2)CC1. The monoisotopic (exact) mass is 632 g/mol. The summed E-state index contributed by atoms with van der Waals surface area (Å²) in [6.45, 7) is 3.40. The van der Waals surface area contributed by atoms with Gasteiger partial charge in [-0.25, -0.2) is 18.0 Å². The molecule has 2 amide bonds. The van der Waals surface area contributed by atoms with Gasteiger partial charge in [-0.15, -0.1) is 0 Å². The van der Waals surface area contributed by atoms with Crippen LogP contribution < -0.4 is 10.6 Å². The third kappa shape index (κ3) is 6.29. The molecular weight excluding hydrogens is 604 g/mol. The van der Waals surface area contributed by atoms with Gasteiger partial charge in [-0.2, -0.15) is 0 Å². The minimum Gasteiger partial charge on any atom is -0.450 e. The van der Waals surface area contributed by atoms with E-state index in [-0.39, 0.29) is 43.0 Å². The zero-order valence-corrected chi connectivity index (χ0v) is 22.4. The number of rotatable bonds is 7. The number of likely N-dealkylation sites (tertiary alicyclic amines) is 2. The van der Waals surface area contributed by atoms with Crippen LogP contribution >= 0.6 is 22.6 Å². The van der Waals surface area contributed by atoms with Gasteiger partial charge in [0.1, 0.15) is 11.4 Å². The van der Waals surface area contributed by atoms with E-state index in [2.05, 4.69) is 10.6 Å². The average Bonchev–Trinajstić information content (AvgIpc) is 2.85. The van der Waals surface area contributed by atoms with Crippen LogP contribution in [-0.2, 0) is 4.74 Å². The molecule has 2 heterocycles. The van der Waals surface area contributed by atoms with Crippen molar-refractivity contribution in [3.63, 3.8) is 0 Å². The van der Waals surface area contributed by atoms with Gasteiger partial charge in [0.15, 0.2) is 11.6 Å². The second-order valence-corrected chi connectivity index (χ2v) is 10.5. The van der Waals surface area contributed by atoms with E-state index < -0.39 is 34.6 Å². The number of nitrogens with zero attached hydrogens (tertiary/aromatic N) is 2. The fraction of sp³-hybridized carbons (Fsp3) is 0.440. The number of hydrogen-bond acceptors (Lipinski definition) is 6. The van der Waals surface area contributed by atoms with Gasteiger partial charge in [0.25, 0.3) is 5.91 Å². The fourth-order valence-corrected chi connectivity index (χ4v) is 4.94. The topological polar surface area (TPSA) is 94.1 Å². The average molecular weight is 632 g/mol. The Labute approximate surface area is 226 Å². The number of benzene rings is 2. The molecular formula is C25H28F3IN4O4. The molecule has 2 aliphatic heterocycles. The van der Waals surface area contributed by atoms with Gasteiger partial charge in [-0.05, 0) is 72.7 Å². The number of amides is 2. The Morgan fingerprint density at radius 3 is 2.46 bits per heavy atom. The zero-order chi connectivity index (χ0) is 26.7. The first-order chi connectivity index (χ1) is 17.6. The van der Waals surface area contributed by atoms with Crippen LogP contribution in [0.5, 0.6) is 0 Å². The molecule has 0 aromatic heterocycles. The third-order valence-electron chi connectivity index (χ3n) is 6.51. The first-order valence-corrected chi connectivity index (χ1v) is 13.0. The number of hydrogen-bond donors (Lipinski definition) is 3. The first kappa shape index (κ1) is 27.5. The number of ether oxygens (including phenoxy) is 1. The number of β-amino-alcohol motifs (C(OH)–C–C–N with tert-alkyl or cyclic N) is 1. The summed E-state index contributed by atoms with van der Waals surface area (Å²) >= 11 is 1.92. The van der Waals surface area contributed by atoms with E-state index in [1.165, 1.54) is 17.0 Å². The van der Waals surface area contributed by atoms with Gasteiger partial charge >= 0.3 is 6.09 Å². The van der Waals surface area contributed by atoms with Crippen LogP contribution in [0.1, 0.15) is 30.1 Å². The highest BCUT2D eigenvalue weighted by Gasteiger charge is 2.44. The van der Waals surface area contributed by atoms with Crippen LogP contribution in [0.4, 0.5) is 29.3 Å². The lowest BCUT2D eigenvalue weighted by atomic mass is 9.92. The Morgan fingerprint density at radius 2 is 1.81 bits per heavy atom. The van der Waals surface area contributed by atoms with Gasteiger partial charge in [0, 0.05) is 29.2 Å². The molecule has 0 saturated carbocycles. The number of nitrogens with one attached hydrogen (secondary N) is 2. The molecule has 2 aromatic rings. The minimum atomic E-state index is -1.30. The van der Waals surface area contributed by atoms with E-state index in [9.17, 15) is 27.9 Å². The third-order valence-corrected chi connectivity index (χ3v) is 7.19. The van der Waals surface area contributed by atoms with Gasteiger partial charge in [-0.1, -0.05) is 0 Å². The van der Waals surface area contributed by atoms with Gasteiger partial charge in [0.2, 0.25) is 0 Å². The summed E-state index contributed by atoms with van der Waals surface area (Å²) in [5.41, 5.74) is -1.91. The van der Waals surface area contributed by atoms with Crippen molar-refractivity contribution in [3.8, 4) is 0 Å². The van der Waals surface area contributed by atoms with Gasteiger partial charge in [-0.3, -0.25) is 4.79 Å². The molecule has 2 fully saturated rings. The number of carbonyl (C=O) groups excluding carboxylic acids is 2. The Morgan fingerprint density at radius 1 is 1.11 bits per heavy atom. The van der Waals surface area contributed by atoms with Crippen molar-refractivity contribution in [2.45, 2.75) is 31.4 Å². The molecule has 2 aromatic carbocycles. The van der Waals surface area contributed by atoms with Crippen molar-refractivity contribution in [2.75, 3.05) is 44.6 Å². The lowest BCUT2D eigenvalue weighted by Crippen LogP contribution is -2.68. The first-order valence-electron chi connectivity index (χ1n) is 12.0. The summed E-state index contributed by atoms with van der Waals surface area (Å²) in [6, 6.07) is 6.28. The van der Waals surface area contributed by atoms with E-state index in [0.29, 0.717) is 36.1 Å². The standard InChI is InChI=1S/C25H28F3IN4O4/c1-2-37-24(35)32-9-7-16(8-10-32)30-12-25(36)13-33(14-25)23(34)17-4-5-18(26)21(28)22(17)31-20-6-3-15(29)11-19(20)27/h3-6,11,16,30-31,36H,2,7-10,12-14H2,1H3. The van der Waals surface area contributed by atoms with E-state index in [1.807, 2.05) is 22.6 Å². The molecule has 200 valence electrons. The van der Waals surface area contributed by atoms with Crippen LogP contribution in [0.2, 0.25) is 0 Å². The quantitative estimate of drug-likeness (QED) is 0.402. The Kier molecular flexibility index (Phi) is 8.49. The van der Waals surface area contributed by atoms with Crippen LogP contribution in [0.25, 0.3) is 0 Å². The maximum absolute atomic E-state index is 14.7. The number of anilines is 2. The molecule has 12 heteroatoms. The maximum Gasteiger partial charge on any atom is 0.409 e. The summed E-state index contributed by atoms with van der Waals surface area (Å²) in [4.78, 5) is 27.9. The normalized spacial score (nSPS) is 17.4. The lowest BCUT2D eigenvalue weighted by Gasteiger charge is -2.47. The predicted octanol–water partition coefficient (Wildman–Crippen LogP) is 3.85. The molecule has 37 heavy (non-hydrogen) atoms. The van der Waals surface area contributed by atoms with Crippen molar-refractivity contribution >= 4 is 46.0 Å². The second kappa shape index (κ2) is 11.4. The number of piperidine rings is 1. The van der Waals surface area contributed by atoms with Crippen molar-refractivity contribution in [1.29, 1.82) is 0 Å². The van der Waals surface area contributed by atoms with E-state index >= 15 is 0 Å². The number of halogens is 4. The smallest absolute Gasteiger partial charge is 0.409 e. The molecule has 4 rings (SSSR count). The minimum absolute atomic E-state index is 0.00314. The van der Waals surface area contributed by atoms with Crippen LogP contribution in [0.15, 0.2) is 30.3 Å². The van der Waals surface area contributed by atoms with E-state index in [1.54, 1.807) is 17.9 Å². The Balaban J connectivity index is 1.35. The Hall–Kier alpha value is -2.58. The lowest BCUT2D eigenvalue weighted by molar-refractivity contribution is -0.0804. The van der Waals surface area contributed by atoms with Crippen LogP contribution in [0.3, 0.4) is 0 Å². The molecule has 0 radical (unpaired) electrons. The maximum atomic E-state index is 14.7. The summed E-state index contributed by atoms with van der Waals surface area (Å²) < 4.78 is 48.6. The van der Waals surface area contributed by atoms with Crippen LogP contribution in [0, 0.1) is 21.0 Å². The highest BCUT2D eigenvalue weighted by molar-refractivity contribution is 14.1. The molecule has 2 saturated heterocycles. The van der Waals surface area contributed by atoms with Crippen molar-refractivity contribution in [2.24, 2.45) is 0 Å². The predicted molar refractivity (Wildman–Crippen MR) is 139 cm³/mol. The van der Waals surface area contributed by atoms with Crippen molar-refractivity contribution in [3.05, 3.63) is 56.9 Å². The van der Waals surface area contributed by atoms with Crippen molar-refractivity contribution < 1.29 is 32.6 Å². The zero-order valence-electron chi connectivity index (χ0n) is 20.2. The van der Waals surface area contributed by atoms with Gasteiger partial charge in [0.05, 0.1) is 36.6 Å². The molecule has 2 aliphatic rings. The molecule has 8 nitrogen and oxygen atoms in total. The molecule has 0 atom stereocenters. The Bertz CT molecular complexity index is 1170. The van der Waals surface area contributed by atoms with E-state index in [4.69, 9.17) is 4.74 Å². The summed E-state index contributed by atoms with van der Waals surface area (Å²) in [7, 11) is 0. The highest BCUT2D eigenvalue weighted by Crippen LogP contribution is 2.31. The molecule has 0 spiro atoms. The van der Waals surface area contributed by atoms with Gasteiger partial charge < -0.3 is 30.3 Å². The van der Waals surface area contributed by atoms with Crippen molar-refractivity contribution in [1.82, 2.24) is 15.1 Å². The molecule has 0 bridgehead atoms. The fourth-order valence-electron chi connectivity index (χ4n) is 4.48. The molecule has 0 unspecified atom stereocenters. The summed E-state index contributed by atoms with van der Waals surface area (Å²) in [5.74, 6) is -3.76. The highest BCUT2D eigenvalue weighted by atomic mass is 127. The summed E-state index contributed by atoms with van der Waals surface area (Å²) in [6.07, 6.45) is 1.08. The largest absolute Gasteiger partial charge is 0.450 e. The van der Waals surface area contributed by atoms with E-state index in [0.717, 1.165) is 12.1 Å². The second-order valence-electron chi connectivity index (χ2n) is 9.26. The van der Waals surface area contributed by atoms with Crippen LogP contribution in [-0.4, -0.2) is 77.9 Å². The summed E-state index contributed by atoms with van der Waals surface area (Å²) in [5, 5.41) is 16.7. The molecule has 3 N–H and O–H groups in total. The number of aliphatic hydroxyl groups is 1. The molecule has 0 aliphatic carbocycles.